The Kier molecular flexibility index (Phi) is 2.68. The predicted octanol–water partition coefficient (Wildman–Crippen LogP) is 5.61. The van der Waals surface area contributed by atoms with Gasteiger partial charge in [-0.1, -0.05) is 54.6 Å². The Hall–Kier alpha value is -3.33. The minimum absolute atomic E-state index is 0.147. The fourth-order valence-electron chi connectivity index (χ4n) is 4.75. The summed E-state index contributed by atoms with van der Waals surface area (Å²) in [6.45, 7) is 4.62. The molecule has 0 unspecified atom stereocenters. The highest BCUT2D eigenvalue weighted by Crippen LogP contribution is 2.47. The molecule has 0 fully saturated rings. The third kappa shape index (κ3) is 1.74. The summed E-state index contributed by atoms with van der Waals surface area (Å²) in [4.78, 5) is 0. The van der Waals surface area contributed by atoms with E-state index in [1.54, 1.807) is 0 Å². The fraction of sp³-hybridized carbons (Fsp3) is 0.125. The average molecular weight is 349 g/mol. The van der Waals surface area contributed by atoms with Crippen LogP contribution in [0.2, 0.25) is 0 Å². The van der Waals surface area contributed by atoms with Gasteiger partial charge >= 0.3 is 0 Å². The van der Waals surface area contributed by atoms with Crippen molar-refractivity contribution in [3.63, 3.8) is 0 Å². The van der Waals surface area contributed by atoms with Crippen molar-refractivity contribution in [2.45, 2.75) is 19.3 Å². The first kappa shape index (κ1) is 14.8. The predicted molar refractivity (Wildman–Crippen MR) is 110 cm³/mol. The molecule has 130 valence electrons. The molecule has 3 heterocycles. The van der Waals surface area contributed by atoms with Gasteiger partial charge in [0.2, 0.25) is 0 Å². The average Bonchev–Trinajstić information content (AvgIpc) is 3.28. The number of aromatic nitrogens is 3. The van der Waals surface area contributed by atoms with Crippen molar-refractivity contribution in [1.29, 1.82) is 0 Å². The Morgan fingerprint density at radius 2 is 1.52 bits per heavy atom. The van der Waals surface area contributed by atoms with Gasteiger partial charge in [0.05, 0.1) is 34.3 Å². The molecule has 3 aromatic carbocycles. The lowest BCUT2D eigenvalue weighted by atomic mass is 9.78. The van der Waals surface area contributed by atoms with Crippen molar-refractivity contribution in [3.05, 3.63) is 90.3 Å². The highest BCUT2D eigenvalue weighted by molar-refractivity contribution is 6.11. The lowest BCUT2D eigenvalue weighted by molar-refractivity contribution is 0.578. The van der Waals surface area contributed by atoms with Gasteiger partial charge in [-0.15, -0.1) is 0 Å². The Bertz CT molecular complexity index is 1340. The van der Waals surface area contributed by atoms with Gasteiger partial charge in [0.1, 0.15) is 0 Å². The smallest absolute Gasteiger partial charge is 0.0890 e. The summed E-state index contributed by atoms with van der Waals surface area (Å²) in [7, 11) is 0. The van der Waals surface area contributed by atoms with Crippen molar-refractivity contribution in [2.24, 2.45) is 0 Å². The van der Waals surface area contributed by atoms with Crippen LogP contribution in [0.3, 0.4) is 0 Å². The molecule has 0 aliphatic carbocycles. The van der Waals surface area contributed by atoms with Crippen LogP contribution in [0.1, 0.15) is 25.1 Å². The largest absolute Gasteiger partial charge is 0.306 e. The molecule has 0 radical (unpaired) electrons. The summed E-state index contributed by atoms with van der Waals surface area (Å²) in [6.07, 6.45) is 2.02. The zero-order valence-corrected chi connectivity index (χ0v) is 15.3. The van der Waals surface area contributed by atoms with Gasteiger partial charge in [-0.05, 0) is 37.6 Å². The van der Waals surface area contributed by atoms with Crippen LogP contribution in [0.4, 0.5) is 0 Å². The standard InChI is InChI=1S/C24H19N3/c1-24(2)19-13-8-12-18-17-11-6-7-14-20(17)26(22(18)19)21-15-25-27(23(21)24)16-9-4-3-5-10-16/h3-15H,1-2H3. The normalized spacial score (nSPS) is 14.6. The first-order chi connectivity index (χ1) is 13.2. The van der Waals surface area contributed by atoms with E-state index in [-0.39, 0.29) is 5.41 Å². The van der Waals surface area contributed by atoms with Crippen molar-refractivity contribution >= 4 is 21.8 Å². The Labute approximate surface area is 157 Å². The van der Waals surface area contributed by atoms with Crippen LogP contribution < -0.4 is 0 Å². The van der Waals surface area contributed by atoms with Crippen LogP contribution in [0.15, 0.2) is 79.0 Å². The van der Waals surface area contributed by atoms with Gasteiger partial charge in [-0.3, -0.25) is 0 Å². The van der Waals surface area contributed by atoms with Gasteiger partial charge < -0.3 is 4.57 Å². The summed E-state index contributed by atoms with van der Waals surface area (Å²) in [5.74, 6) is 0. The number of rotatable bonds is 1. The van der Waals surface area contributed by atoms with E-state index >= 15 is 0 Å². The molecule has 1 aliphatic rings. The number of para-hydroxylation sites is 3. The van der Waals surface area contributed by atoms with Crippen LogP contribution in [0.25, 0.3) is 33.2 Å². The summed E-state index contributed by atoms with van der Waals surface area (Å²) in [5, 5.41) is 7.43. The second-order valence-electron chi connectivity index (χ2n) is 7.81. The summed E-state index contributed by atoms with van der Waals surface area (Å²) in [5.41, 5.74) is 7.25. The quantitative estimate of drug-likeness (QED) is 0.386. The maximum Gasteiger partial charge on any atom is 0.0890 e. The van der Waals surface area contributed by atoms with Gasteiger partial charge in [-0.2, -0.15) is 5.10 Å². The monoisotopic (exact) mass is 349 g/mol. The van der Waals surface area contributed by atoms with Crippen LogP contribution in [-0.2, 0) is 5.41 Å². The van der Waals surface area contributed by atoms with Crippen molar-refractivity contribution < 1.29 is 0 Å². The molecule has 2 aromatic heterocycles. The third-order valence-electron chi connectivity index (χ3n) is 5.95. The lowest BCUT2D eigenvalue weighted by Crippen LogP contribution is -2.28. The van der Waals surface area contributed by atoms with Gasteiger partial charge in [0, 0.05) is 16.2 Å². The summed E-state index contributed by atoms with van der Waals surface area (Å²) >= 11 is 0. The van der Waals surface area contributed by atoms with Crippen molar-refractivity contribution in [1.82, 2.24) is 14.3 Å². The lowest BCUT2D eigenvalue weighted by Gasteiger charge is -2.33. The molecule has 0 N–H and O–H groups in total. The molecule has 3 nitrogen and oxygen atoms in total. The second-order valence-corrected chi connectivity index (χ2v) is 7.81. The molecule has 0 amide bonds. The van der Waals surface area contributed by atoms with Crippen LogP contribution in [0, 0.1) is 0 Å². The molecular weight excluding hydrogens is 330 g/mol. The van der Waals surface area contributed by atoms with E-state index in [1.807, 2.05) is 12.3 Å². The Morgan fingerprint density at radius 3 is 2.37 bits per heavy atom. The molecule has 6 rings (SSSR count). The number of hydrogen-bond acceptors (Lipinski definition) is 1. The third-order valence-corrected chi connectivity index (χ3v) is 5.95. The minimum Gasteiger partial charge on any atom is -0.306 e. The molecule has 0 spiro atoms. The number of benzene rings is 3. The van der Waals surface area contributed by atoms with E-state index in [0.29, 0.717) is 0 Å². The molecule has 27 heavy (non-hydrogen) atoms. The SMILES string of the molecule is CC1(C)c2cccc3c4ccccc4n(c23)-c2cnn(-c3ccccc3)c21. The highest BCUT2D eigenvalue weighted by Gasteiger charge is 2.38. The number of hydrogen-bond donors (Lipinski definition) is 0. The first-order valence-electron chi connectivity index (χ1n) is 9.35. The molecule has 0 atom stereocenters. The molecule has 0 saturated heterocycles. The maximum atomic E-state index is 4.82. The zero-order valence-electron chi connectivity index (χ0n) is 15.3. The van der Waals surface area contributed by atoms with Crippen molar-refractivity contribution in [3.8, 4) is 11.4 Å². The second kappa shape index (κ2) is 4.89. The van der Waals surface area contributed by atoms with Crippen molar-refractivity contribution in [2.75, 3.05) is 0 Å². The Morgan fingerprint density at radius 1 is 0.778 bits per heavy atom. The van der Waals surface area contributed by atoms with Gasteiger partial charge in [-0.25, -0.2) is 4.68 Å². The van der Waals surface area contributed by atoms with E-state index in [1.165, 1.54) is 38.8 Å². The zero-order chi connectivity index (χ0) is 18.2. The molecular formula is C24H19N3. The summed E-state index contributed by atoms with van der Waals surface area (Å²) in [6, 6.07) is 25.8. The Balaban J connectivity index is 1.82. The van der Waals surface area contributed by atoms with E-state index in [4.69, 9.17) is 5.10 Å². The fourth-order valence-corrected chi connectivity index (χ4v) is 4.75. The number of nitrogens with zero attached hydrogens (tertiary/aromatic N) is 3. The molecule has 0 saturated carbocycles. The van der Waals surface area contributed by atoms with Crippen LogP contribution in [-0.4, -0.2) is 14.3 Å². The van der Waals surface area contributed by atoms with E-state index in [9.17, 15) is 0 Å². The van der Waals surface area contributed by atoms with Crippen LogP contribution >= 0.6 is 0 Å². The van der Waals surface area contributed by atoms with E-state index in [2.05, 4.69) is 89.8 Å². The first-order valence-corrected chi connectivity index (χ1v) is 9.35. The number of fused-ring (bicyclic) bond motifs is 5. The highest BCUT2D eigenvalue weighted by atomic mass is 15.3. The van der Waals surface area contributed by atoms with Crippen LogP contribution in [0.5, 0.6) is 0 Å². The maximum absolute atomic E-state index is 4.82. The topological polar surface area (TPSA) is 22.8 Å². The summed E-state index contributed by atoms with van der Waals surface area (Å²) < 4.78 is 4.50. The molecule has 5 aromatic rings. The van der Waals surface area contributed by atoms with E-state index < -0.39 is 0 Å². The van der Waals surface area contributed by atoms with E-state index in [0.717, 1.165) is 5.69 Å². The minimum atomic E-state index is -0.147. The van der Waals surface area contributed by atoms with Gasteiger partial charge in [0.15, 0.2) is 0 Å². The molecule has 0 bridgehead atoms. The molecule has 3 heteroatoms. The molecule has 1 aliphatic heterocycles. The van der Waals surface area contributed by atoms with Gasteiger partial charge in [0.25, 0.3) is 0 Å².